The number of carbonyl (C=O) groups is 1. The number of aliphatic hydroxyl groups excluding tert-OH is 1. The molecule has 0 unspecified atom stereocenters. The van der Waals surface area contributed by atoms with Crippen molar-refractivity contribution in [2.24, 2.45) is 0 Å². The van der Waals surface area contributed by atoms with Crippen LogP contribution >= 0.6 is 11.6 Å². The second kappa shape index (κ2) is 11.7. The Bertz CT molecular complexity index is 1060. The second-order valence-corrected chi connectivity index (χ2v) is 8.43. The molecule has 0 radical (unpaired) electrons. The van der Waals surface area contributed by atoms with Crippen molar-refractivity contribution in [1.82, 2.24) is 14.9 Å². The number of hydrogen-bond donors (Lipinski definition) is 3. The maximum Gasteiger partial charge on any atom is 0.304 e. The van der Waals surface area contributed by atoms with E-state index in [-0.39, 0.29) is 12.5 Å². The topological polar surface area (TPSA) is 88.4 Å². The summed E-state index contributed by atoms with van der Waals surface area (Å²) in [6.45, 7) is 7.52. The molecular formula is C25H31ClN4O3. The molecule has 7 nitrogen and oxygen atoms in total. The first-order chi connectivity index (χ1) is 15.9. The number of ether oxygens (including phenoxy) is 1. The number of halogens is 1. The smallest absolute Gasteiger partial charge is 0.304 e. The molecule has 3 N–H and O–H groups in total. The van der Waals surface area contributed by atoms with Gasteiger partial charge in [-0.25, -0.2) is 0 Å². The van der Waals surface area contributed by atoms with Crippen LogP contribution < -0.4 is 15.4 Å². The fourth-order valence-electron chi connectivity index (χ4n) is 3.36. The molecule has 0 aliphatic carbocycles. The normalized spacial score (nSPS) is 11.0. The molecular weight excluding hydrogens is 440 g/mol. The van der Waals surface area contributed by atoms with Gasteiger partial charge in [-0.15, -0.1) is 0 Å². The van der Waals surface area contributed by atoms with E-state index < -0.39 is 0 Å². The van der Waals surface area contributed by atoms with Crippen LogP contribution in [-0.4, -0.2) is 40.3 Å². The van der Waals surface area contributed by atoms with Crippen LogP contribution in [0.2, 0.25) is 5.02 Å². The molecule has 33 heavy (non-hydrogen) atoms. The largest absolute Gasteiger partial charge is 0.425 e. The van der Waals surface area contributed by atoms with Gasteiger partial charge in [-0.3, -0.25) is 9.36 Å². The van der Waals surface area contributed by atoms with E-state index in [4.69, 9.17) is 21.4 Å². The number of nitrogens with one attached hydrogen (secondary N) is 2. The van der Waals surface area contributed by atoms with Gasteiger partial charge in [0.15, 0.2) is 11.5 Å². The summed E-state index contributed by atoms with van der Waals surface area (Å²) in [4.78, 5) is 17.7. The Labute approximate surface area is 199 Å². The highest BCUT2D eigenvalue weighted by molar-refractivity contribution is 6.30. The van der Waals surface area contributed by atoms with Crippen LogP contribution in [0.25, 0.3) is 0 Å². The predicted octanol–water partition coefficient (Wildman–Crippen LogP) is 5.04. The van der Waals surface area contributed by atoms with Gasteiger partial charge in [-0.2, -0.15) is 4.98 Å². The molecule has 0 saturated heterocycles. The Morgan fingerprint density at radius 2 is 1.97 bits per heavy atom. The molecule has 176 valence electrons. The molecule has 8 heteroatoms. The van der Waals surface area contributed by atoms with Crippen LogP contribution in [0.5, 0.6) is 11.8 Å². The summed E-state index contributed by atoms with van der Waals surface area (Å²) >= 11 is 6.05. The number of rotatable bonds is 11. The fourth-order valence-corrected chi connectivity index (χ4v) is 3.48. The SMILES string of the molecule is CCNc1nc(Oc2cccc(C(C)C)c2)n(Cc2ccc(Cl)cc2)c1C(=O)NCCCO. The first-order valence-electron chi connectivity index (χ1n) is 11.2. The van der Waals surface area contributed by atoms with E-state index in [2.05, 4.69) is 35.5 Å². The van der Waals surface area contributed by atoms with Gasteiger partial charge in [0.1, 0.15) is 5.75 Å². The highest BCUT2D eigenvalue weighted by atomic mass is 35.5. The van der Waals surface area contributed by atoms with Crippen LogP contribution in [0, 0.1) is 0 Å². The lowest BCUT2D eigenvalue weighted by Gasteiger charge is -2.14. The van der Waals surface area contributed by atoms with Crippen LogP contribution in [0.3, 0.4) is 0 Å². The lowest BCUT2D eigenvalue weighted by atomic mass is 10.0. The quantitative estimate of drug-likeness (QED) is 0.341. The van der Waals surface area contributed by atoms with Gasteiger partial charge in [0.25, 0.3) is 5.91 Å². The van der Waals surface area contributed by atoms with Crippen LogP contribution in [-0.2, 0) is 6.54 Å². The molecule has 0 aliphatic rings. The number of anilines is 1. The molecule has 0 saturated carbocycles. The van der Waals surface area contributed by atoms with Gasteiger partial charge in [0.2, 0.25) is 0 Å². The van der Waals surface area contributed by atoms with Crippen molar-refractivity contribution in [2.75, 3.05) is 25.0 Å². The van der Waals surface area contributed by atoms with E-state index >= 15 is 0 Å². The molecule has 0 fully saturated rings. The fraction of sp³-hybridized carbons (Fsp3) is 0.360. The van der Waals surface area contributed by atoms with Crippen LogP contribution in [0.15, 0.2) is 48.5 Å². The minimum Gasteiger partial charge on any atom is -0.425 e. The number of imidazole rings is 1. The van der Waals surface area contributed by atoms with E-state index in [1.807, 2.05) is 49.4 Å². The summed E-state index contributed by atoms with van der Waals surface area (Å²) in [7, 11) is 0. The van der Waals surface area contributed by atoms with Gasteiger partial charge in [0.05, 0.1) is 6.54 Å². The summed E-state index contributed by atoms with van der Waals surface area (Å²) < 4.78 is 7.97. The Kier molecular flexibility index (Phi) is 8.74. The van der Waals surface area contributed by atoms with Gasteiger partial charge < -0.3 is 20.5 Å². The summed E-state index contributed by atoms with van der Waals surface area (Å²) in [6, 6.07) is 15.6. The number of amides is 1. The third-order valence-corrected chi connectivity index (χ3v) is 5.35. The van der Waals surface area contributed by atoms with E-state index in [1.54, 1.807) is 4.57 Å². The van der Waals surface area contributed by atoms with Crippen molar-refractivity contribution in [3.63, 3.8) is 0 Å². The predicted molar refractivity (Wildman–Crippen MR) is 132 cm³/mol. The standard InChI is InChI=1S/C25H31ClN4O3/c1-4-27-23-22(24(32)28-13-6-14-31)30(16-18-9-11-20(26)12-10-18)25(29-23)33-21-8-5-7-19(15-21)17(2)3/h5,7-12,15,17,27,31H,4,6,13-14,16H2,1-3H3,(H,28,32). The van der Waals surface area contributed by atoms with Crippen LogP contribution in [0.4, 0.5) is 5.82 Å². The molecule has 1 aromatic heterocycles. The lowest BCUT2D eigenvalue weighted by Crippen LogP contribution is -2.28. The summed E-state index contributed by atoms with van der Waals surface area (Å²) in [5.41, 5.74) is 2.47. The molecule has 2 aromatic carbocycles. The number of carbonyl (C=O) groups excluding carboxylic acids is 1. The van der Waals surface area contributed by atoms with E-state index in [9.17, 15) is 4.79 Å². The van der Waals surface area contributed by atoms with Crippen molar-refractivity contribution >= 4 is 23.3 Å². The van der Waals surface area contributed by atoms with Gasteiger partial charge in [-0.05, 0) is 54.7 Å². The van der Waals surface area contributed by atoms with Gasteiger partial charge >= 0.3 is 6.01 Å². The molecule has 0 atom stereocenters. The number of benzene rings is 2. The van der Waals surface area contributed by atoms with Crippen molar-refractivity contribution in [2.45, 2.75) is 39.7 Å². The lowest BCUT2D eigenvalue weighted by molar-refractivity contribution is 0.0942. The van der Waals surface area contributed by atoms with Gasteiger partial charge in [-0.1, -0.05) is 49.7 Å². The molecule has 3 rings (SSSR count). The summed E-state index contributed by atoms with van der Waals surface area (Å²) in [5, 5.41) is 15.8. The van der Waals surface area contributed by atoms with E-state index in [0.29, 0.717) is 60.3 Å². The molecule has 0 bridgehead atoms. The first kappa shape index (κ1) is 24.6. The molecule has 0 aliphatic heterocycles. The van der Waals surface area contributed by atoms with Crippen LogP contribution in [0.1, 0.15) is 54.7 Å². The maximum absolute atomic E-state index is 13.1. The zero-order valence-electron chi connectivity index (χ0n) is 19.3. The third kappa shape index (κ3) is 6.49. The highest BCUT2D eigenvalue weighted by Gasteiger charge is 2.24. The van der Waals surface area contributed by atoms with Crippen molar-refractivity contribution in [3.8, 4) is 11.8 Å². The summed E-state index contributed by atoms with van der Waals surface area (Å²) in [5.74, 6) is 1.17. The van der Waals surface area contributed by atoms with Crippen molar-refractivity contribution < 1.29 is 14.6 Å². The minimum atomic E-state index is -0.286. The molecule has 3 aromatic rings. The minimum absolute atomic E-state index is 0.00490. The highest BCUT2D eigenvalue weighted by Crippen LogP contribution is 2.30. The van der Waals surface area contributed by atoms with E-state index in [1.165, 1.54) is 0 Å². The number of aromatic nitrogens is 2. The van der Waals surface area contributed by atoms with E-state index in [0.717, 1.165) is 11.1 Å². The third-order valence-electron chi connectivity index (χ3n) is 5.10. The van der Waals surface area contributed by atoms with Gasteiger partial charge in [0, 0.05) is 24.7 Å². The Morgan fingerprint density at radius 3 is 2.64 bits per heavy atom. The average Bonchev–Trinajstić information content (AvgIpc) is 3.12. The Hall–Kier alpha value is -3.03. The molecule has 1 heterocycles. The Morgan fingerprint density at radius 1 is 1.21 bits per heavy atom. The zero-order valence-corrected chi connectivity index (χ0v) is 20.0. The maximum atomic E-state index is 13.1. The first-order valence-corrected chi connectivity index (χ1v) is 11.6. The number of nitrogens with zero attached hydrogens (tertiary/aromatic N) is 2. The molecule has 0 spiro atoms. The summed E-state index contributed by atoms with van der Waals surface area (Å²) in [6.07, 6.45) is 0.471. The monoisotopic (exact) mass is 470 g/mol. The zero-order chi connectivity index (χ0) is 23.8. The van der Waals surface area contributed by atoms with Crippen molar-refractivity contribution in [3.05, 3.63) is 70.4 Å². The molecule has 1 amide bonds. The Balaban J connectivity index is 2.04. The number of aliphatic hydroxyl groups is 1. The average molecular weight is 471 g/mol. The second-order valence-electron chi connectivity index (χ2n) is 8.00. The van der Waals surface area contributed by atoms with Crippen molar-refractivity contribution in [1.29, 1.82) is 0 Å². The number of hydrogen-bond acceptors (Lipinski definition) is 5.